The quantitative estimate of drug-likeness (QED) is 0.796. The Bertz CT molecular complexity index is 541. The molecular formula is C15H21N3OS. The summed E-state index contributed by atoms with van der Waals surface area (Å²) >= 11 is 1.67. The highest BCUT2D eigenvalue weighted by atomic mass is 32.1. The first-order chi connectivity index (χ1) is 9.72. The molecule has 0 saturated carbocycles. The molecule has 0 saturated heterocycles. The molecule has 1 aromatic carbocycles. The van der Waals surface area contributed by atoms with Gasteiger partial charge >= 0.3 is 0 Å². The smallest absolute Gasteiger partial charge is 0.189 e. The SMILES string of the molecule is COCCNCc1csc(N(C)c2ccccc2C)n1. The molecule has 0 fully saturated rings. The van der Waals surface area contributed by atoms with Crippen LogP contribution in [-0.2, 0) is 11.3 Å². The second-order valence-corrected chi connectivity index (χ2v) is 5.47. The maximum atomic E-state index is 5.01. The Hall–Kier alpha value is -1.43. The zero-order valence-corrected chi connectivity index (χ0v) is 13.0. The van der Waals surface area contributed by atoms with Gasteiger partial charge in [0.1, 0.15) is 0 Å². The van der Waals surface area contributed by atoms with Crippen LogP contribution in [0.3, 0.4) is 0 Å². The first-order valence-electron chi connectivity index (χ1n) is 6.66. The van der Waals surface area contributed by atoms with E-state index in [1.807, 2.05) is 0 Å². The molecule has 2 rings (SSSR count). The minimum Gasteiger partial charge on any atom is -0.383 e. The summed E-state index contributed by atoms with van der Waals surface area (Å²) < 4.78 is 5.01. The number of nitrogens with one attached hydrogen (secondary N) is 1. The van der Waals surface area contributed by atoms with E-state index in [-0.39, 0.29) is 0 Å². The number of aryl methyl sites for hydroxylation is 1. The lowest BCUT2D eigenvalue weighted by Gasteiger charge is -2.18. The van der Waals surface area contributed by atoms with Crippen molar-refractivity contribution < 1.29 is 4.74 Å². The van der Waals surface area contributed by atoms with E-state index < -0.39 is 0 Å². The number of aromatic nitrogens is 1. The Balaban J connectivity index is 1.99. The van der Waals surface area contributed by atoms with Gasteiger partial charge in [-0.05, 0) is 18.6 Å². The lowest BCUT2D eigenvalue weighted by atomic mass is 10.2. The number of ether oxygens (including phenoxy) is 1. The Morgan fingerprint density at radius 3 is 2.90 bits per heavy atom. The molecule has 1 N–H and O–H groups in total. The molecule has 2 aromatic rings. The van der Waals surface area contributed by atoms with Crippen LogP contribution in [0.15, 0.2) is 29.6 Å². The van der Waals surface area contributed by atoms with Crippen LogP contribution in [0.4, 0.5) is 10.8 Å². The molecule has 4 nitrogen and oxygen atoms in total. The van der Waals surface area contributed by atoms with Crippen molar-refractivity contribution >= 4 is 22.2 Å². The topological polar surface area (TPSA) is 37.4 Å². The lowest BCUT2D eigenvalue weighted by molar-refractivity contribution is 0.199. The fourth-order valence-corrected chi connectivity index (χ4v) is 2.77. The number of anilines is 2. The summed E-state index contributed by atoms with van der Waals surface area (Å²) in [5, 5.41) is 6.42. The number of thiazole rings is 1. The van der Waals surface area contributed by atoms with E-state index in [1.165, 1.54) is 11.3 Å². The van der Waals surface area contributed by atoms with Gasteiger partial charge in [0, 0.05) is 38.3 Å². The Morgan fingerprint density at radius 2 is 2.15 bits per heavy atom. The summed E-state index contributed by atoms with van der Waals surface area (Å²) in [6.45, 7) is 4.46. The first-order valence-corrected chi connectivity index (χ1v) is 7.53. The minimum absolute atomic E-state index is 0.722. The van der Waals surface area contributed by atoms with Crippen LogP contribution in [-0.4, -0.2) is 32.3 Å². The van der Waals surface area contributed by atoms with Gasteiger partial charge in [0.2, 0.25) is 0 Å². The van der Waals surface area contributed by atoms with E-state index >= 15 is 0 Å². The van der Waals surface area contributed by atoms with Crippen molar-refractivity contribution in [2.75, 3.05) is 32.2 Å². The molecule has 0 bridgehead atoms. The standard InChI is InChI=1S/C15H21N3OS/c1-12-6-4-5-7-14(12)18(2)15-17-13(11-20-15)10-16-8-9-19-3/h4-7,11,16H,8-10H2,1-3H3. The van der Waals surface area contributed by atoms with E-state index in [2.05, 4.69) is 58.8 Å². The van der Waals surface area contributed by atoms with Gasteiger partial charge in [0.25, 0.3) is 0 Å². The first kappa shape index (κ1) is 15.0. The van der Waals surface area contributed by atoms with Crippen LogP contribution < -0.4 is 10.2 Å². The third kappa shape index (κ3) is 3.79. The maximum Gasteiger partial charge on any atom is 0.189 e. The summed E-state index contributed by atoms with van der Waals surface area (Å²) in [6.07, 6.45) is 0. The average molecular weight is 291 g/mol. The van der Waals surface area contributed by atoms with Crippen molar-refractivity contribution in [1.82, 2.24) is 10.3 Å². The molecule has 1 aromatic heterocycles. The highest BCUT2D eigenvalue weighted by Crippen LogP contribution is 2.28. The zero-order valence-electron chi connectivity index (χ0n) is 12.2. The van der Waals surface area contributed by atoms with E-state index in [0.29, 0.717) is 0 Å². The highest BCUT2D eigenvalue weighted by molar-refractivity contribution is 7.13. The number of methoxy groups -OCH3 is 1. The van der Waals surface area contributed by atoms with Gasteiger partial charge in [0.05, 0.1) is 12.3 Å². The second kappa shape index (κ2) is 7.38. The van der Waals surface area contributed by atoms with Crippen molar-refractivity contribution in [2.24, 2.45) is 0 Å². The molecule has 1 heterocycles. The van der Waals surface area contributed by atoms with Gasteiger partial charge in [0.15, 0.2) is 5.13 Å². The molecule has 0 radical (unpaired) electrons. The molecule has 0 spiro atoms. The fraction of sp³-hybridized carbons (Fsp3) is 0.400. The maximum absolute atomic E-state index is 5.01. The van der Waals surface area contributed by atoms with Gasteiger partial charge in [-0.25, -0.2) is 4.98 Å². The van der Waals surface area contributed by atoms with Crippen molar-refractivity contribution in [1.29, 1.82) is 0 Å². The summed E-state index contributed by atoms with van der Waals surface area (Å²) in [6, 6.07) is 8.35. The Kier molecular flexibility index (Phi) is 5.52. The number of benzene rings is 1. The van der Waals surface area contributed by atoms with E-state index in [4.69, 9.17) is 4.74 Å². The molecule has 0 atom stereocenters. The molecule has 0 aliphatic rings. The third-order valence-electron chi connectivity index (χ3n) is 3.09. The number of hydrogen-bond donors (Lipinski definition) is 1. The molecule has 0 amide bonds. The molecule has 0 aliphatic heterocycles. The second-order valence-electron chi connectivity index (χ2n) is 4.64. The van der Waals surface area contributed by atoms with Crippen molar-refractivity contribution in [3.05, 3.63) is 40.9 Å². The Morgan fingerprint density at radius 1 is 1.35 bits per heavy atom. The van der Waals surface area contributed by atoms with E-state index in [9.17, 15) is 0 Å². The zero-order chi connectivity index (χ0) is 14.4. The van der Waals surface area contributed by atoms with Gasteiger partial charge in [-0.1, -0.05) is 18.2 Å². The van der Waals surface area contributed by atoms with Crippen LogP contribution in [0.25, 0.3) is 0 Å². The molecule has 0 unspecified atom stereocenters. The predicted molar refractivity (Wildman–Crippen MR) is 84.9 cm³/mol. The molecule has 108 valence electrons. The monoisotopic (exact) mass is 291 g/mol. The third-order valence-corrected chi connectivity index (χ3v) is 4.06. The average Bonchev–Trinajstić information content (AvgIpc) is 2.92. The number of nitrogens with zero attached hydrogens (tertiary/aromatic N) is 2. The summed E-state index contributed by atoms with van der Waals surface area (Å²) in [4.78, 5) is 6.80. The van der Waals surface area contributed by atoms with Crippen LogP contribution >= 0.6 is 11.3 Å². The molecule has 5 heteroatoms. The van der Waals surface area contributed by atoms with Crippen LogP contribution in [0, 0.1) is 6.92 Å². The number of hydrogen-bond acceptors (Lipinski definition) is 5. The fourth-order valence-electron chi connectivity index (χ4n) is 1.97. The largest absolute Gasteiger partial charge is 0.383 e. The highest BCUT2D eigenvalue weighted by Gasteiger charge is 2.10. The van der Waals surface area contributed by atoms with Crippen molar-refractivity contribution in [3.8, 4) is 0 Å². The van der Waals surface area contributed by atoms with Gasteiger partial charge < -0.3 is 15.0 Å². The summed E-state index contributed by atoms with van der Waals surface area (Å²) in [5.74, 6) is 0. The van der Waals surface area contributed by atoms with E-state index in [1.54, 1.807) is 18.4 Å². The van der Waals surface area contributed by atoms with Gasteiger partial charge in [-0.2, -0.15) is 0 Å². The van der Waals surface area contributed by atoms with Crippen molar-refractivity contribution in [3.63, 3.8) is 0 Å². The molecular weight excluding hydrogens is 270 g/mol. The summed E-state index contributed by atoms with van der Waals surface area (Å²) in [5.41, 5.74) is 3.52. The Labute approximate surface area is 124 Å². The number of para-hydroxylation sites is 1. The summed E-state index contributed by atoms with van der Waals surface area (Å²) in [7, 11) is 3.77. The van der Waals surface area contributed by atoms with Crippen LogP contribution in [0.5, 0.6) is 0 Å². The van der Waals surface area contributed by atoms with Gasteiger partial charge in [-0.3, -0.25) is 0 Å². The number of rotatable bonds is 7. The van der Waals surface area contributed by atoms with Gasteiger partial charge in [-0.15, -0.1) is 11.3 Å². The van der Waals surface area contributed by atoms with Crippen molar-refractivity contribution in [2.45, 2.75) is 13.5 Å². The molecule has 20 heavy (non-hydrogen) atoms. The van der Waals surface area contributed by atoms with Crippen LogP contribution in [0.1, 0.15) is 11.3 Å². The predicted octanol–water partition coefficient (Wildman–Crippen LogP) is 2.96. The normalized spacial score (nSPS) is 10.8. The van der Waals surface area contributed by atoms with Crippen LogP contribution in [0.2, 0.25) is 0 Å². The molecule has 0 aliphatic carbocycles. The minimum atomic E-state index is 0.722. The lowest BCUT2D eigenvalue weighted by Crippen LogP contribution is -2.19. The van der Waals surface area contributed by atoms with E-state index in [0.717, 1.165) is 30.5 Å².